The first-order valence-corrected chi connectivity index (χ1v) is 5.12. The highest BCUT2D eigenvalue weighted by molar-refractivity contribution is 5.83. The Morgan fingerprint density at radius 1 is 1.46 bits per heavy atom. The van der Waals surface area contributed by atoms with Gasteiger partial charge in [0.2, 0.25) is 0 Å². The van der Waals surface area contributed by atoms with Crippen molar-refractivity contribution in [3.63, 3.8) is 0 Å². The molecule has 0 aliphatic carbocycles. The minimum absolute atomic E-state index is 0.122. The van der Waals surface area contributed by atoms with E-state index in [-0.39, 0.29) is 6.17 Å². The number of nitrogens with one attached hydrogen (secondary N) is 2. The molecular formula is C10H23N3. The van der Waals surface area contributed by atoms with E-state index in [9.17, 15) is 0 Å². The smallest absolute Gasteiger partial charge is 0.0983 e. The van der Waals surface area contributed by atoms with Gasteiger partial charge in [0.25, 0.3) is 0 Å². The van der Waals surface area contributed by atoms with Crippen LogP contribution in [0.5, 0.6) is 0 Å². The van der Waals surface area contributed by atoms with Crippen molar-refractivity contribution in [1.29, 1.82) is 5.41 Å². The molecule has 13 heavy (non-hydrogen) atoms. The Hall–Kier alpha value is -0.410. The number of rotatable bonds is 7. The van der Waals surface area contributed by atoms with Gasteiger partial charge in [-0.3, -0.25) is 10.2 Å². The van der Waals surface area contributed by atoms with E-state index in [0.717, 1.165) is 13.1 Å². The summed E-state index contributed by atoms with van der Waals surface area (Å²) in [4.78, 5) is 2.20. The van der Waals surface area contributed by atoms with Crippen molar-refractivity contribution in [2.24, 2.45) is 0 Å². The Balaban J connectivity index is 3.95. The van der Waals surface area contributed by atoms with Gasteiger partial charge in [0.15, 0.2) is 0 Å². The Labute approximate surface area is 82.0 Å². The first-order valence-electron chi connectivity index (χ1n) is 5.12. The van der Waals surface area contributed by atoms with E-state index >= 15 is 0 Å². The molecule has 0 amide bonds. The van der Waals surface area contributed by atoms with Crippen LogP contribution in [0.15, 0.2) is 0 Å². The first kappa shape index (κ1) is 12.6. The quantitative estimate of drug-likeness (QED) is 0.468. The summed E-state index contributed by atoms with van der Waals surface area (Å²) in [5, 5.41) is 10.9. The zero-order chi connectivity index (χ0) is 10.3. The van der Waals surface area contributed by atoms with E-state index in [4.69, 9.17) is 5.41 Å². The minimum Gasteiger partial charge on any atom is -0.307 e. The van der Waals surface area contributed by atoms with E-state index in [2.05, 4.69) is 31.1 Å². The number of unbranched alkanes of at least 4 members (excludes halogenated alkanes) is 1. The predicted octanol–water partition coefficient (Wildman–Crippen LogP) is 1.69. The molecular weight excluding hydrogens is 162 g/mol. The van der Waals surface area contributed by atoms with Crippen molar-refractivity contribution in [2.75, 3.05) is 20.1 Å². The lowest BCUT2D eigenvalue weighted by Gasteiger charge is -2.27. The molecule has 0 aliphatic heterocycles. The summed E-state index contributed by atoms with van der Waals surface area (Å²) in [7, 11) is 2.07. The van der Waals surface area contributed by atoms with E-state index < -0.39 is 0 Å². The van der Waals surface area contributed by atoms with Crippen LogP contribution in [0.2, 0.25) is 0 Å². The number of hydrogen-bond donors (Lipinski definition) is 2. The lowest BCUT2D eigenvalue weighted by molar-refractivity contribution is 0.258. The fourth-order valence-corrected chi connectivity index (χ4v) is 1.37. The molecule has 0 saturated carbocycles. The van der Waals surface area contributed by atoms with Gasteiger partial charge < -0.3 is 5.41 Å². The first-order chi connectivity index (χ1) is 6.13. The molecule has 0 aromatic carbocycles. The highest BCUT2D eigenvalue weighted by Gasteiger charge is 2.14. The van der Waals surface area contributed by atoms with Gasteiger partial charge >= 0.3 is 0 Å². The molecule has 0 spiro atoms. The third-order valence-corrected chi connectivity index (χ3v) is 2.11. The Morgan fingerprint density at radius 3 is 2.46 bits per heavy atom. The van der Waals surface area contributed by atoms with Gasteiger partial charge in [-0.15, -0.1) is 0 Å². The van der Waals surface area contributed by atoms with Crippen LogP contribution in [0.3, 0.4) is 0 Å². The van der Waals surface area contributed by atoms with E-state index in [0.29, 0.717) is 5.71 Å². The molecule has 0 fully saturated rings. The summed E-state index contributed by atoms with van der Waals surface area (Å²) in [5.74, 6) is 0. The topological polar surface area (TPSA) is 39.1 Å². The average Bonchev–Trinajstić information content (AvgIpc) is 2.09. The normalized spacial score (nSPS) is 13.3. The third kappa shape index (κ3) is 5.01. The second-order valence-electron chi connectivity index (χ2n) is 3.48. The summed E-state index contributed by atoms with van der Waals surface area (Å²) >= 11 is 0. The standard InChI is InChI=1S/C10H23N3/c1-5-7-8-13(4)10(9(3)11)12-6-2/h10-12H,5-8H2,1-4H3. The number of nitrogens with zero attached hydrogens (tertiary/aromatic N) is 1. The highest BCUT2D eigenvalue weighted by atomic mass is 15.2. The molecule has 3 heteroatoms. The summed E-state index contributed by atoms with van der Waals surface area (Å²) in [6.45, 7) is 8.09. The van der Waals surface area contributed by atoms with Crippen LogP contribution in [-0.2, 0) is 0 Å². The van der Waals surface area contributed by atoms with Crippen LogP contribution in [-0.4, -0.2) is 36.9 Å². The van der Waals surface area contributed by atoms with Crippen molar-refractivity contribution in [1.82, 2.24) is 10.2 Å². The van der Waals surface area contributed by atoms with Gasteiger partial charge in [-0.25, -0.2) is 0 Å². The van der Waals surface area contributed by atoms with Crippen molar-refractivity contribution in [3.05, 3.63) is 0 Å². The van der Waals surface area contributed by atoms with Crippen molar-refractivity contribution >= 4 is 5.71 Å². The molecule has 0 heterocycles. The molecule has 1 atom stereocenters. The Bertz CT molecular complexity index is 145. The predicted molar refractivity (Wildman–Crippen MR) is 58.4 cm³/mol. The Kier molecular flexibility index (Phi) is 6.82. The molecule has 1 unspecified atom stereocenters. The lowest BCUT2D eigenvalue weighted by atomic mass is 10.2. The lowest BCUT2D eigenvalue weighted by Crippen LogP contribution is -2.48. The molecule has 0 bridgehead atoms. The molecule has 0 aromatic heterocycles. The zero-order valence-corrected chi connectivity index (χ0v) is 9.35. The van der Waals surface area contributed by atoms with Gasteiger partial charge in [-0.2, -0.15) is 0 Å². The molecule has 3 nitrogen and oxygen atoms in total. The van der Waals surface area contributed by atoms with Crippen LogP contribution in [0, 0.1) is 5.41 Å². The van der Waals surface area contributed by atoms with Gasteiger partial charge in [0.05, 0.1) is 6.17 Å². The highest BCUT2D eigenvalue weighted by Crippen LogP contribution is 1.98. The number of hydrogen-bond acceptors (Lipinski definition) is 3. The van der Waals surface area contributed by atoms with Gasteiger partial charge in [-0.1, -0.05) is 20.3 Å². The maximum atomic E-state index is 7.62. The fraction of sp³-hybridized carbons (Fsp3) is 0.900. The average molecular weight is 185 g/mol. The maximum Gasteiger partial charge on any atom is 0.0983 e. The Morgan fingerprint density at radius 2 is 2.08 bits per heavy atom. The van der Waals surface area contributed by atoms with Crippen LogP contribution < -0.4 is 5.32 Å². The maximum absolute atomic E-state index is 7.62. The van der Waals surface area contributed by atoms with Crippen LogP contribution >= 0.6 is 0 Å². The molecule has 0 saturated heterocycles. The second-order valence-corrected chi connectivity index (χ2v) is 3.48. The fourth-order valence-electron chi connectivity index (χ4n) is 1.37. The molecule has 0 radical (unpaired) electrons. The molecule has 78 valence electrons. The van der Waals surface area contributed by atoms with Gasteiger partial charge in [-0.05, 0) is 33.5 Å². The SMILES string of the molecule is CCCCN(C)C(NCC)C(C)=N. The molecule has 2 N–H and O–H groups in total. The zero-order valence-electron chi connectivity index (χ0n) is 9.35. The summed E-state index contributed by atoms with van der Waals surface area (Å²) in [5.41, 5.74) is 0.695. The van der Waals surface area contributed by atoms with E-state index in [1.165, 1.54) is 12.8 Å². The summed E-state index contributed by atoms with van der Waals surface area (Å²) in [6, 6.07) is 0. The van der Waals surface area contributed by atoms with Crippen LogP contribution in [0.1, 0.15) is 33.6 Å². The summed E-state index contributed by atoms with van der Waals surface area (Å²) in [6.07, 6.45) is 2.53. The monoisotopic (exact) mass is 185 g/mol. The van der Waals surface area contributed by atoms with Crippen LogP contribution in [0.25, 0.3) is 0 Å². The van der Waals surface area contributed by atoms with Crippen molar-refractivity contribution < 1.29 is 0 Å². The van der Waals surface area contributed by atoms with Crippen LogP contribution in [0.4, 0.5) is 0 Å². The van der Waals surface area contributed by atoms with Gasteiger partial charge in [0, 0.05) is 5.71 Å². The summed E-state index contributed by atoms with van der Waals surface area (Å²) < 4.78 is 0. The largest absolute Gasteiger partial charge is 0.307 e. The van der Waals surface area contributed by atoms with E-state index in [1.807, 2.05) is 6.92 Å². The van der Waals surface area contributed by atoms with Crippen molar-refractivity contribution in [2.45, 2.75) is 39.8 Å². The second kappa shape index (κ2) is 7.04. The molecule has 0 rings (SSSR count). The molecule has 0 aromatic rings. The van der Waals surface area contributed by atoms with Gasteiger partial charge in [0.1, 0.15) is 0 Å². The van der Waals surface area contributed by atoms with Crippen molar-refractivity contribution in [3.8, 4) is 0 Å². The minimum atomic E-state index is 0.122. The van der Waals surface area contributed by atoms with E-state index in [1.54, 1.807) is 0 Å². The third-order valence-electron chi connectivity index (χ3n) is 2.11. The molecule has 0 aliphatic rings.